The lowest BCUT2D eigenvalue weighted by atomic mass is 10.0. The largest absolute Gasteiger partial charge is 0.350 e. The van der Waals surface area contributed by atoms with Crippen LogP contribution in [0.4, 0.5) is 5.69 Å². The van der Waals surface area contributed by atoms with Crippen LogP contribution in [0.25, 0.3) is 10.9 Å². The van der Waals surface area contributed by atoms with Crippen molar-refractivity contribution >= 4 is 22.4 Å². The summed E-state index contributed by atoms with van der Waals surface area (Å²) in [7, 11) is 1.82. The maximum atomic E-state index is 12.7. The summed E-state index contributed by atoms with van der Waals surface area (Å²) in [6, 6.07) is 11.9. The van der Waals surface area contributed by atoms with Gasteiger partial charge in [0.05, 0.1) is 4.92 Å². The Morgan fingerprint density at radius 2 is 1.82 bits per heavy atom. The number of rotatable bonds is 3. The summed E-state index contributed by atoms with van der Waals surface area (Å²) >= 11 is 0. The number of ketones is 1. The fourth-order valence-electron chi connectivity index (χ4n) is 2.53. The van der Waals surface area contributed by atoms with Crippen LogP contribution < -0.4 is 0 Å². The first-order valence-corrected chi connectivity index (χ1v) is 6.82. The van der Waals surface area contributed by atoms with Gasteiger partial charge in [-0.15, -0.1) is 0 Å². The number of carbonyl (C=O) groups is 1. The quantitative estimate of drug-likeness (QED) is 0.421. The molecule has 22 heavy (non-hydrogen) atoms. The second-order valence-electron chi connectivity index (χ2n) is 5.31. The van der Waals surface area contributed by atoms with Crippen molar-refractivity contribution in [1.82, 2.24) is 4.57 Å². The number of nitrogens with zero attached hydrogens (tertiary/aromatic N) is 2. The Morgan fingerprint density at radius 3 is 2.45 bits per heavy atom. The van der Waals surface area contributed by atoms with Crippen LogP contribution in [-0.4, -0.2) is 15.3 Å². The molecule has 110 valence electrons. The van der Waals surface area contributed by atoms with Crippen LogP contribution in [0.2, 0.25) is 0 Å². The number of non-ortho nitro benzene ring substituents is 1. The zero-order valence-electron chi connectivity index (χ0n) is 12.2. The van der Waals surface area contributed by atoms with Gasteiger partial charge in [-0.1, -0.05) is 29.8 Å². The number of nitro groups is 1. The van der Waals surface area contributed by atoms with Crippen LogP contribution in [0.3, 0.4) is 0 Å². The highest BCUT2D eigenvalue weighted by molar-refractivity contribution is 6.16. The first-order chi connectivity index (χ1) is 10.5. The van der Waals surface area contributed by atoms with Crippen molar-refractivity contribution in [2.45, 2.75) is 6.92 Å². The fraction of sp³-hybridized carbons (Fsp3) is 0.118. The molecule has 5 nitrogen and oxygen atoms in total. The Morgan fingerprint density at radius 1 is 1.14 bits per heavy atom. The van der Waals surface area contributed by atoms with Gasteiger partial charge in [0.2, 0.25) is 0 Å². The van der Waals surface area contributed by atoms with Crippen molar-refractivity contribution in [3.05, 3.63) is 75.5 Å². The minimum Gasteiger partial charge on any atom is -0.350 e. The van der Waals surface area contributed by atoms with Crippen molar-refractivity contribution in [3.63, 3.8) is 0 Å². The Labute approximate surface area is 126 Å². The third-order valence-electron chi connectivity index (χ3n) is 3.74. The van der Waals surface area contributed by atoms with Gasteiger partial charge < -0.3 is 4.57 Å². The molecule has 0 bridgehead atoms. The van der Waals surface area contributed by atoms with E-state index in [0.717, 1.165) is 11.1 Å². The van der Waals surface area contributed by atoms with Crippen molar-refractivity contribution in [3.8, 4) is 0 Å². The van der Waals surface area contributed by atoms with Gasteiger partial charge >= 0.3 is 0 Å². The summed E-state index contributed by atoms with van der Waals surface area (Å²) in [5.74, 6) is -0.133. The van der Waals surface area contributed by atoms with Crippen molar-refractivity contribution in [2.24, 2.45) is 7.05 Å². The van der Waals surface area contributed by atoms with Gasteiger partial charge in [-0.3, -0.25) is 14.9 Å². The lowest BCUT2D eigenvalue weighted by molar-refractivity contribution is -0.384. The van der Waals surface area contributed by atoms with E-state index in [0.29, 0.717) is 16.5 Å². The van der Waals surface area contributed by atoms with Crippen LogP contribution in [-0.2, 0) is 7.05 Å². The second kappa shape index (κ2) is 5.11. The highest BCUT2D eigenvalue weighted by Gasteiger charge is 2.18. The van der Waals surface area contributed by atoms with Gasteiger partial charge in [0.15, 0.2) is 5.78 Å². The summed E-state index contributed by atoms with van der Waals surface area (Å²) in [5, 5.41) is 11.6. The number of aryl methyl sites for hydroxylation is 2. The highest BCUT2D eigenvalue weighted by atomic mass is 16.6. The van der Waals surface area contributed by atoms with E-state index in [1.807, 2.05) is 26.1 Å². The predicted octanol–water partition coefficient (Wildman–Crippen LogP) is 3.63. The average molecular weight is 294 g/mol. The minimum absolute atomic E-state index is 0.0170. The molecule has 1 heterocycles. The Balaban J connectivity index is 2.17. The summed E-state index contributed by atoms with van der Waals surface area (Å²) in [6.07, 6.45) is 1.72. The number of carbonyl (C=O) groups excluding carboxylic acids is 1. The molecular formula is C17H14N2O3. The third kappa shape index (κ3) is 2.26. The van der Waals surface area contributed by atoms with Gasteiger partial charge in [-0.2, -0.15) is 0 Å². The van der Waals surface area contributed by atoms with E-state index in [9.17, 15) is 14.9 Å². The van der Waals surface area contributed by atoms with Crippen LogP contribution in [0.1, 0.15) is 21.5 Å². The number of nitro benzene ring substituents is 1. The molecule has 0 unspecified atom stereocenters. The summed E-state index contributed by atoms with van der Waals surface area (Å²) < 4.78 is 1.81. The van der Waals surface area contributed by atoms with Crippen LogP contribution in [0.15, 0.2) is 48.7 Å². The molecule has 0 spiro atoms. The third-order valence-corrected chi connectivity index (χ3v) is 3.74. The maximum absolute atomic E-state index is 12.7. The monoisotopic (exact) mass is 294 g/mol. The molecule has 2 aromatic carbocycles. The second-order valence-corrected chi connectivity index (χ2v) is 5.31. The lowest BCUT2D eigenvalue weighted by Crippen LogP contribution is -2.00. The zero-order valence-corrected chi connectivity index (χ0v) is 12.2. The normalized spacial score (nSPS) is 10.8. The summed E-state index contributed by atoms with van der Waals surface area (Å²) in [6.45, 7) is 1.95. The van der Waals surface area contributed by atoms with Crippen LogP contribution in [0, 0.1) is 17.0 Å². The molecule has 0 N–H and O–H groups in total. The molecule has 0 aliphatic heterocycles. The molecule has 0 saturated heterocycles. The lowest BCUT2D eigenvalue weighted by Gasteiger charge is -2.00. The van der Waals surface area contributed by atoms with Crippen molar-refractivity contribution < 1.29 is 9.72 Å². The summed E-state index contributed by atoms with van der Waals surface area (Å²) in [5.41, 5.74) is 2.90. The summed E-state index contributed by atoms with van der Waals surface area (Å²) in [4.78, 5) is 23.2. The van der Waals surface area contributed by atoms with E-state index in [1.54, 1.807) is 29.0 Å². The van der Waals surface area contributed by atoms with Crippen molar-refractivity contribution in [1.29, 1.82) is 0 Å². The topological polar surface area (TPSA) is 65.1 Å². The first-order valence-electron chi connectivity index (χ1n) is 6.82. The zero-order chi connectivity index (χ0) is 15.9. The van der Waals surface area contributed by atoms with Gasteiger partial charge in [0, 0.05) is 47.4 Å². The van der Waals surface area contributed by atoms with E-state index in [-0.39, 0.29) is 11.5 Å². The molecule has 0 aliphatic rings. The molecule has 3 rings (SSSR count). The number of hydrogen-bond acceptors (Lipinski definition) is 3. The molecule has 0 aliphatic carbocycles. The number of fused-ring (bicyclic) bond motifs is 1. The van der Waals surface area contributed by atoms with E-state index < -0.39 is 4.92 Å². The van der Waals surface area contributed by atoms with Crippen molar-refractivity contribution in [2.75, 3.05) is 0 Å². The van der Waals surface area contributed by atoms with Gasteiger partial charge in [0.25, 0.3) is 5.69 Å². The molecule has 5 heteroatoms. The highest BCUT2D eigenvalue weighted by Crippen LogP contribution is 2.27. The molecule has 0 fully saturated rings. The van der Waals surface area contributed by atoms with Gasteiger partial charge in [-0.25, -0.2) is 0 Å². The van der Waals surface area contributed by atoms with E-state index in [1.165, 1.54) is 12.1 Å². The van der Waals surface area contributed by atoms with E-state index >= 15 is 0 Å². The Kier molecular flexibility index (Phi) is 3.25. The maximum Gasteiger partial charge on any atom is 0.270 e. The molecule has 0 atom stereocenters. The fourth-order valence-corrected chi connectivity index (χ4v) is 2.53. The molecular weight excluding hydrogens is 280 g/mol. The standard InChI is InChI=1S/C17H14N2O3/c1-11-3-5-12(6-4-11)17(20)15-10-18(2)16-8-7-13(19(21)22)9-14(15)16/h3-10H,1-2H3. The number of benzene rings is 2. The minimum atomic E-state index is -0.452. The smallest absolute Gasteiger partial charge is 0.270 e. The first kappa shape index (κ1) is 14.0. The number of hydrogen-bond donors (Lipinski definition) is 0. The molecule has 3 aromatic rings. The molecule has 0 saturated carbocycles. The molecule has 1 aromatic heterocycles. The number of aromatic nitrogens is 1. The Hall–Kier alpha value is -2.95. The average Bonchev–Trinajstić information content (AvgIpc) is 2.84. The van der Waals surface area contributed by atoms with Crippen LogP contribution >= 0.6 is 0 Å². The predicted molar refractivity (Wildman–Crippen MR) is 84.2 cm³/mol. The van der Waals surface area contributed by atoms with Gasteiger partial charge in [0.1, 0.15) is 0 Å². The van der Waals surface area contributed by atoms with E-state index in [2.05, 4.69) is 0 Å². The molecule has 0 radical (unpaired) electrons. The van der Waals surface area contributed by atoms with E-state index in [4.69, 9.17) is 0 Å². The van der Waals surface area contributed by atoms with Gasteiger partial charge in [-0.05, 0) is 13.0 Å². The molecule has 0 amide bonds. The SMILES string of the molecule is Cc1ccc(C(=O)c2cn(C)c3ccc([N+](=O)[O-])cc23)cc1. The Bertz CT molecular complexity index is 892. The van der Waals surface area contributed by atoms with Crippen LogP contribution in [0.5, 0.6) is 0 Å².